The third-order valence-corrected chi connectivity index (χ3v) is 9.63. The van der Waals surface area contributed by atoms with Gasteiger partial charge < -0.3 is 14.5 Å². The van der Waals surface area contributed by atoms with Crippen LogP contribution in [0.4, 0.5) is 14.6 Å². The number of nitrogens with zero attached hydrogens (tertiary/aromatic N) is 5. The molecule has 10 heteroatoms. The van der Waals surface area contributed by atoms with Crippen molar-refractivity contribution in [2.45, 2.75) is 37.8 Å². The number of hydrogen-bond acceptors (Lipinski definition) is 7. The second-order valence-corrected chi connectivity index (χ2v) is 12.0. The van der Waals surface area contributed by atoms with E-state index in [-0.39, 0.29) is 24.0 Å². The zero-order valence-electron chi connectivity index (χ0n) is 23.2. The summed E-state index contributed by atoms with van der Waals surface area (Å²) in [5.74, 6) is -1.69. The van der Waals surface area contributed by atoms with Crippen LogP contribution in [0.1, 0.15) is 25.7 Å². The summed E-state index contributed by atoms with van der Waals surface area (Å²) in [6.07, 6.45) is 6.76. The Bertz CT molecular complexity index is 1740. The van der Waals surface area contributed by atoms with Gasteiger partial charge in [-0.2, -0.15) is 9.97 Å². The van der Waals surface area contributed by atoms with Crippen molar-refractivity contribution in [3.63, 3.8) is 0 Å². The highest BCUT2D eigenvalue weighted by molar-refractivity contribution is 6.36. The van der Waals surface area contributed by atoms with Gasteiger partial charge in [0, 0.05) is 75.2 Å². The van der Waals surface area contributed by atoms with E-state index in [1.54, 1.807) is 24.5 Å². The first-order valence-electron chi connectivity index (χ1n) is 14.3. The molecule has 2 aromatic carbocycles. The van der Waals surface area contributed by atoms with Crippen molar-refractivity contribution < 1.29 is 18.3 Å². The summed E-state index contributed by atoms with van der Waals surface area (Å²) < 4.78 is 35.8. The van der Waals surface area contributed by atoms with E-state index in [2.05, 4.69) is 28.4 Å². The zero-order valence-corrected chi connectivity index (χ0v) is 24.0. The van der Waals surface area contributed by atoms with Gasteiger partial charge in [0.05, 0.1) is 5.52 Å². The van der Waals surface area contributed by atoms with Crippen molar-refractivity contribution >= 4 is 44.9 Å². The summed E-state index contributed by atoms with van der Waals surface area (Å²) >= 11 is 6.56. The predicted molar refractivity (Wildman–Crippen MR) is 159 cm³/mol. The van der Waals surface area contributed by atoms with Crippen molar-refractivity contribution in [2.75, 3.05) is 31.6 Å². The summed E-state index contributed by atoms with van der Waals surface area (Å²) in [4.78, 5) is 30.6. The monoisotopic (exact) mass is 589 g/mol. The molecule has 1 unspecified atom stereocenters. The number of halogens is 3. The molecule has 216 valence electrons. The molecule has 4 atom stereocenters. The van der Waals surface area contributed by atoms with Crippen LogP contribution in [0.2, 0.25) is 5.02 Å². The quantitative estimate of drug-likeness (QED) is 0.232. The Morgan fingerprint density at radius 1 is 1.17 bits per heavy atom. The molecule has 3 fully saturated rings. The Balaban J connectivity index is 1.31. The van der Waals surface area contributed by atoms with Crippen molar-refractivity contribution in [3.05, 3.63) is 66.0 Å². The van der Waals surface area contributed by atoms with Crippen LogP contribution in [-0.2, 0) is 4.79 Å². The van der Waals surface area contributed by atoms with Crippen molar-refractivity contribution in [3.8, 4) is 17.1 Å². The number of ether oxygens (including phenoxy) is 1. The molecule has 2 aliphatic heterocycles. The molecule has 42 heavy (non-hydrogen) atoms. The molecular weight excluding hydrogens is 560 g/mol. The maximum Gasteiger partial charge on any atom is 0.319 e. The molecule has 2 aromatic heterocycles. The Labute approximate surface area is 247 Å². The van der Waals surface area contributed by atoms with E-state index in [1.807, 2.05) is 12.1 Å². The van der Waals surface area contributed by atoms with E-state index in [0.717, 1.165) is 24.8 Å². The number of pyridine rings is 1. The number of benzene rings is 2. The lowest BCUT2D eigenvalue weighted by Gasteiger charge is -2.47. The van der Waals surface area contributed by atoms with Crippen LogP contribution < -0.4 is 9.64 Å². The van der Waals surface area contributed by atoms with Gasteiger partial charge in [-0.1, -0.05) is 30.3 Å². The number of rotatable bonds is 7. The minimum atomic E-state index is -0.892. The molecule has 3 aliphatic rings. The van der Waals surface area contributed by atoms with Crippen LogP contribution in [0.3, 0.4) is 0 Å². The highest BCUT2D eigenvalue weighted by Gasteiger charge is 2.51. The molecule has 7 nitrogen and oxygen atoms in total. The SMILES string of the molecule is C=C(F)C(=O)C1CC[C@@H]2[C@H]1CN2c1nc(OC[C@@H]2CCCN2C)nc2cc(-c3cncc4cccc(Cl)c34)c(F)cc12. The second-order valence-electron chi connectivity index (χ2n) is 11.6. The van der Waals surface area contributed by atoms with E-state index in [1.165, 1.54) is 6.07 Å². The van der Waals surface area contributed by atoms with Gasteiger partial charge >= 0.3 is 6.01 Å². The third-order valence-electron chi connectivity index (χ3n) is 9.31. The standard InChI is InChI=1S/C32H30ClF2N5O2/c1-17(34)30(41)20-8-9-28-24(20)15-40(28)31-22-11-26(35)21(23-14-36-13-18-5-3-7-25(33)29(18)23)12-27(22)37-32(38-31)42-16-19-6-4-10-39(19)2/h3,5,7,11-14,19-20,24,28H,1,4,6,8-10,15-16H2,2H3/t19-,20?,24-,28+/m0/s1. The molecule has 1 aliphatic carbocycles. The lowest BCUT2D eigenvalue weighted by molar-refractivity contribution is -0.122. The van der Waals surface area contributed by atoms with Gasteiger partial charge in [0.15, 0.2) is 11.6 Å². The van der Waals surface area contributed by atoms with Gasteiger partial charge in [-0.05, 0) is 57.5 Å². The molecule has 2 saturated heterocycles. The highest BCUT2D eigenvalue weighted by Crippen LogP contribution is 2.48. The molecule has 7 rings (SSSR count). The average Bonchev–Trinajstić information content (AvgIpc) is 3.53. The van der Waals surface area contributed by atoms with Gasteiger partial charge in [0.1, 0.15) is 18.2 Å². The first kappa shape index (κ1) is 27.2. The molecule has 0 N–H and O–H groups in total. The maximum absolute atomic E-state index is 16.0. The summed E-state index contributed by atoms with van der Waals surface area (Å²) in [5, 5.41) is 2.57. The maximum atomic E-state index is 16.0. The average molecular weight is 590 g/mol. The minimum absolute atomic E-state index is 0.000424. The van der Waals surface area contributed by atoms with Crippen LogP contribution >= 0.6 is 11.6 Å². The first-order chi connectivity index (χ1) is 20.3. The van der Waals surface area contributed by atoms with Gasteiger partial charge in [0.25, 0.3) is 0 Å². The van der Waals surface area contributed by atoms with Crippen LogP contribution in [0.5, 0.6) is 6.01 Å². The van der Waals surface area contributed by atoms with Crippen LogP contribution in [0.15, 0.2) is 55.1 Å². The molecule has 1 saturated carbocycles. The molecule has 0 radical (unpaired) electrons. The van der Waals surface area contributed by atoms with Gasteiger partial charge in [0.2, 0.25) is 0 Å². The van der Waals surface area contributed by atoms with E-state index < -0.39 is 23.3 Å². The fraction of sp³-hybridized carbons (Fsp3) is 0.375. The predicted octanol–water partition coefficient (Wildman–Crippen LogP) is 6.38. The summed E-state index contributed by atoms with van der Waals surface area (Å²) in [6, 6.07) is 9.14. The van der Waals surface area contributed by atoms with Crippen LogP contribution in [0, 0.1) is 17.7 Å². The summed E-state index contributed by atoms with van der Waals surface area (Å²) in [7, 11) is 2.08. The van der Waals surface area contributed by atoms with Crippen LogP contribution in [0.25, 0.3) is 32.8 Å². The number of fused-ring (bicyclic) bond motifs is 3. The topological polar surface area (TPSA) is 71.5 Å². The number of anilines is 1. The number of Topliss-reactive ketones (excluding diaryl/α,β-unsaturated/α-hetero) is 1. The number of ketones is 1. The van der Waals surface area contributed by atoms with Gasteiger partial charge in [-0.3, -0.25) is 9.78 Å². The number of carbonyl (C=O) groups is 1. The number of hydrogen-bond donors (Lipinski definition) is 0. The molecule has 0 spiro atoms. The normalized spacial score (nSPS) is 23.8. The van der Waals surface area contributed by atoms with Crippen molar-refractivity contribution in [2.24, 2.45) is 11.8 Å². The van der Waals surface area contributed by atoms with E-state index in [0.29, 0.717) is 64.2 Å². The number of likely N-dealkylation sites (tertiary alicyclic amines) is 1. The second kappa shape index (κ2) is 10.5. The highest BCUT2D eigenvalue weighted by atomic mass is 35.5. The fourth-order valence-electron chi connectivity index (χ4n) is 7.03. The molecule has 0 amide bonds. The van der Waals surface area contributed by atoms with Crippen LogP contribution in [-0.4, -0.2) is 64.5 Å². The van der Waals surface area contributed by atoms with E-state index in [4.69, 9.17) is 26.3 Å². The Morgan fingerprint density at radius 3 is 2.81 bits per heavy atom. The van der Waals surface area contributed by atoms with E-state index >= 15 is 4.39 Å². The van der Waals surface area contributed by atoms with Crippen molar-refractivity contribution in [1.82, 2.24) is 19.9 Å². The lowest BCUT2D eigenvalue weighted by atomic mass is 9.82. The van der Waals surface area contributed by atoms with Gasteiger partial charge in [-0.25, -0.2) is 8.78 Å². The molecule has 4 aromatic rings. The smallest absolute Gasteiger partial charge is 0.319 e. The Morgan fingerprint density at radius 2 is 2.02 bits per heavy atom. The minimum Gasteiger partial charge on any atom is -0.462 e. The zero-order chi connectivity index (χ0) is 29.1. The lowest BCUT2D eigenvalue weighted by Crippen LogP contribution is -2.56. The summed E-state index contributed by atoms with van der Waals surface area (Å²) in [6.45, 7) is 5.19. The van der Waals surface area contributed by atoms with E-state index in [9.17, 15) is 9.18 Å². The molecule has 4 heterocycles. The molecule has 0 bridgehead atoms. The Kier molecular flexibility index (Phi) is 6.82. The largest absolute Gasteiger partial charge is 0.462 e. The number of allylic oxidation sites excluding steroid dienone is 1. The fourth-order valence-corrected chi connectivity index (χ4v) is 7.32. The summed E-state index contributed by atoms with van der Waals surface area (Å²) in [5.41, 5.74) is 1.43. The first-order valence-corrected chi connectivity index (χ1v) is 14.7. The number of aromatic nitrogens is 3. The van der Waals surface area contributed by atoms with Crippen molar-refractivity contribution in [1.29, 1.82) is 0 Å². The van der Waals surface area contributed by atoms with Gasteiger partial charge in [-0.15, -0.1) is 0 Å². The number of likely N-dealkylation sites (N-methyl/N-ethyl adjacent to an activating group) is 1. The third kappa shape index (κ3) is 4.50. The number of carbonyl (C=O) groups excluding carboxylic acids is 1. The Hall–Kier alpha value is -3.69. The molecular formula is C32H30ClF2N5O2.